The van der Waals surface area contributed by atoms with Crippen LogP contribution in [0.1, 0.15) is 11.5 Å². The second kappa shape index (κ2) is 7.81. The van der Waals surface area contributed by atoms with E-state index >= 15 is 0 Å². The molecule has 3 rings (SSSR count). The summed E-state index contributed by atoms with van der Waals surface area (Å²) in [5.41, 5.74) is 1.66. The molecule has 0 aliphatic carbocycles. The van der Waals surface area contributed by atoms with Crippen LogP contribution in [0.2, 0.25) is 5.02 Å². The second-order valence-electron chi connectivity index (χ2n) is 5.24. The van der Waals surface area contributed by atoms with Gasteiger partial charge in [-0.2, -0.15) is 4.98 Å². The van der Waals surface area contributed by atoms with Gasteiger partial charge in [0.2, 0.25) is 5.82 Å². The zero-order valence-corrected chi connectivity index (χ0v) is 14.2. The van der Waals surface area contributed by atoms with Crippen LogP contribution < -0.4 is 4.74 Å². The lowest BCUT2D eigenvalue weighted by atomic mass is 10.2. The molecule has 0 fully saturated rings. The molecule has 25 heavy (non-hydrogen) atoms. The first-order valence-electron chi connectivity index (χ1n) is 7.54. The van der Waals surface area contributed by atoms with Gasteiger partial charge in [0.25, 0.3) is 5.89 Å². The molecule has 0 bridgehead atoms. The highest BCUT2D eigenvalue weighted by molar-refractivity contribution is 6.30. The third-order valence-electron chi connectivity index (χ3n) is 3.34. The molecule has 6 nitrogen and oxygen atoms in total. The molecule has 1 heterocycles. The Balaban J connectivity index is 1.50. The minimum atomic E-state index is -0.534. The minimum absolute atomic E-state index is 0.109. The lowest BCUT2D eigenvalue weighted by Crippen LogP contribution is -2.15. The monoisotopic (exact) mass is 358 g/mol. The Morgan fingerprint density at radius 2 is 2.00 bits per heavy atom. The van der Waals surface area contributed by atoms with Crippen LogP contribution in [0.25, 0.3) is 11.4 Å². The summed E-state index contributed by atoms with van der Waals surface area (Å²) < 4.78 is 15.6. The van der Waals surface area contributed by atoms with Crippen molar-refractivity contribution < 1.29 is 18.8 Å². The lowest BCUT2D eigenvalue weighted by molar-refractivity contribution is -0.148. The molecular weight excluding hydrogens is 344 g/mol. The largest absolute Gasteiger partial charge is 0.482 e. The summed E-state index contributed by atoms with van der Waals surface area (Å²) in [5, 5.41) is 4.47. The highest BCUT2D eigenvalue weighted by atomic mass is 35.5. The van der Waals surface area contributed by atoms with E-state index in [1.54, 1.807) is 18.2 Å². The van der Waals surface area contributed by atoms with Crippen LogP contribution in [-0.4, -0.2) is 22.7 Å². The number of carbonyl (C=O) groups excluding carboxylic acids is 1. The first-order chi connectivity index (χ1) is 12.1. The first kappa shape index (κ1) is 17.0. The molecule has 0 unspecified atom stereocenters. The fourth-order valence-electron chi connectivity index (χ4n) is 2.11. The van der Waals surface area contributed by atoms with Crippen LogP contribution in [0.4, 0.5) is 0 Å². The number of hydrogen-bond donors (Lipinski definition) is 0. The molecule has 7 heteroatoms. The highest BCUT2D eigenvalue weighted by Gasteiger charge is 2.12. The summed E-state index contributed by atoms with van der Waals surface area (Å²) in [7, 11) is 0. The molecule has 2 aromatic carbocycles. The van der Waals surface area contributed by atoms with Crippen LogP contribution >= 0.6 is 11.6 Å². The van der Waals surface area contributed by atoms with Crippen molar-refractivity contribution in [2.75, 3.05) is 6.61 Å². The first-order valence-corrected chi connectivity index (χ1v) is 7.92. The predicted octanol–water partition coefficient (Wildman–Crippen LogP) is 3.82. The van der Waals surface area contributed by atoms with Crippen molar-refractivity contribution in [1.29, 1.82) is 0 Å². The van der Waals surface area contributed by atoms with Crippen LogP contribution in [0.3, 0.4) is 0 Å². The minimum Gasteiger partial charge on any atom is -0.482 e. The van der Waals surface area contributed by atoms with Crippen molar-refractivity contribution in [1.82, 2.24) is 10.1 Å². The van der Waals surface area contributed by atoms with Crippen LogP contribution in [0.5, 0.6) is 5.75 Å². The number of ether oxygens (including phenoxy) is 2. The summed E-state index contributed by atoms with van der Waals surface area (Å²) in [6.45, 7) is 1.51. The van der Waals surface area contributed by atoms with Crippen LogP contribution in [0.15, 0.2) is 53.1 Å². The summed E-state index contributed by atoms with van der Waals surface area (Å²) >= 11 is 5.87. The molecule has 0 N–H and O–H groups in total. The predicted molar refractivity (Wildman–Crippen MR) is 91.2 cm³/mol. The fourth-order valence-corrected chi connectivity index (χ4v) is 2.34. The average molecular weight is 359 g/mol. The molecule has 0 amide bonds. The Hall–Kier alpha value is -2.86. The molecule has 0 spiro atoms. The maximum Gasteiger partial charge on any atom is 0.344 e. The molecule has 128 valence electrons. The second-order valence-corrected chi connectivity index (χ2v) is 5.67. The topological polar surface area (TPSA) is 74.5 Å². The molecule has 0 atom stereocenters. The Kier molecular flexibility index (Phi) is 5.30. The van der Waals surface area contributed by atoms with Gasteiger partial charge in [-0.05, 0) is 30.7 Å². The average Bonchev–Trinajstić information content (AvgIpc) is 3.09. The Morgan fingerprint density at radius 1 is 1.20 bits per heavy atom. The molecular formula is C18H15ClN2O4. The number of halogens is 1. The van der Waals surface area contributed by atoms with E-state index in [-0.39, 0.29) is 19.1 Å². The molecule has 1 aromatic heterocycles. The standard InChI is InChI=1S/C18H15ClN2O4/c1-12-9-14(19)7-8-15(12)23-11-17(22)24-10-16-20-18(21-25-16)13-5-3-2-4-6-13/h2-9H,10-11H2,1H3. The highest BCUT2D eigenvalue weighted by Crippen LogP contribution is 2.21. The van der Waals surface area contributed by atoms with Gasteiger partial charge in [0.05, 0.1) is 0 Å². The molecule has 3 aromatic rings. The molecule has 0 saturated carbocycles. The van der Waals surface area contributed by atoms with Crippen molar-refractivity contribution in [3.8, 4) is 17.1 Å². The van der Waals surface area contributed by atoms with Gasteiger partial charge in [-0.1, -0.05) is 47.1 Å². The number of rotatable bonds is 6. The van der Waals surface area contributed by atoms with Crippen LogP contribution in [-0.2, 0) is 16.1 Å². The number of esters is 1. The number of carbonyl (C=O) groups is 1. The Bertz CT molecular complexity index is 865. The number of nitrogens with zero attached hydrogens (tertiary/aromatic N) is 2. The molecule has 0 aliphatic heterocycles. The maximum absolute atomic E-state index is 11.8. The smallest absolute Gasteiger partial charge is 0.344 e. The van der Waals surface area contributed by atoms with Gasteiger partial charge in [0, 0.05) is 10.6 Å². The molecule has 0 aliphatic rings. The number of hydrogen-bond acceptors (Lipinski definition) is 6. The third-order valence-corrected chi connectivity index (χ3v) is 3.57. The Morgan fingerprint density at radius 3 is 2.76 bits per heavy atom. The quantitative estimate of drug-likeness (QED) is 0.623. The van der Waals surface area contributed by atoms with Crippen molar-refractivity contribution in [3.63, 3.8) is 0 Å². The summed E-state index contributed by atoms with van der Waals surface area (Å²) in [6, 6.07) is 14.5. The van der Waals surface area contributed by atoms with E-state index in [2.05, 4.69) is 10.1 Å². The maximum atomic E-state index is 11.8. The van der Waals surface area contributed by atoms with E-state index in [1.807, 2.05) is 37.3 Å². The van der Waals surface area contributed by atoms with Gasteiger partial charge in [-0.3, -0.25) is 0 Å². The summed E-state index contributed by atoms with van der Waals surface area (Å²) in [6.07, 6.45) is 0. The van der Waals surface area contributed by atoms with Gasteiger partial charge >= 0.3 is 5.97 Å². The molecule has 0 radical (unpaired) electrons. The normalized spacial score (nSPS) is 10.5. The van der Waals surface area contributed by atoms with E-state index < -0.39 is 5.97 Å². The molecule has 0 saturated heterocycles. The van der Waals surface area contributed by atoms with Gasteiger partial charge in [-0.15, -0.1) is 0 Å². The van der Waals surface area contributed by atoms with Crippen molar-refractivity contribution in [2.45, 2.75) is 13.5 Å². The van der Waals surface area contributed by atoms with E-state index in [1.165, 1.54) is 0 Å². The SMILES string of the molecule is Cc1cc(Cl)ccc1OCC(=O)OCc1nc(-c2ccccc2)no1. The summed E-state index contributed by atoms with van der Waals surface area (Å²) in [5.74, 6) is 0.703. The van der Waals surface area contributed by atoms with Crippen molar-refractivity contribution >= 4 is 17.6 Å². The lowest BCUT2D eigenvalue weighted by Gasteiger charge is -2.08. The zero-order valence-electron chi connectivity index (χ0n) is 13.4. The van der Waals surface area contributed by atoms with E-state index in [4.69, 9.17) is 25.6 Å². The van der Waals surface area contributed by atoms with Gasteiger partial charge in [0.15, 0.2) is 13.2 Å². The number of aromatic nitrogens is 2. The fraction of sp³-hybridized carbons (Fsp3) is 0.167. The zero-order chi connectivity index (χ0) is 17.6. The van der Waals surface area contributed by atoms with E-state index in [9.17, 15) is 4.79 Å². The van der Waals surface area contributed by atoms with Gasteiger partial charge < -0.3 is 14.0 Å². The third kappa shape index (κ3) is 4.58. The van der Waals surface area contributed by atoms with Gasteiger partial charge in [-0.25, -0.2) is 4.79 Å². The van der Waals surface area contributed by atoms with E-state index in [0.29, 0.717) is 16.6 Å². The van der Waals surface area contributed by atoms with E-state index in [0.717, 1.165) is 11.1 Å². The van der Waals surface area contributed by atoms with Crippen LogP contribution in [0, 0.1) is 6.92 Å². The van der Waals surface area contributed by atoms with Gasteiger partial charge in [0.1, 0.15) is 5.75 Å². The Labute approximate surface area is 149 Å². The number of aryl methyl sites for hydroxylation is 1. The van der Waals surface area contributed by atoms with Crippen molar-refractivity contribution in [3.05, 3.63) is 65.0 Å². The number of benzene rings is 2. The summed E-state index contributed by atoms with van der Waals surface area (Å²) in [4.78, 5) is 16.0. The van der Waals surface area contributed by atoms with Crippen molar-refractivity contribution in [2.24, 2.45) is 0 Å².